The fourth-order valence-corrected chi connectivity index (χ4v) is 1.98. The third kappa shape index (κ3) is 11.0. The second-order valence-corrected chi connectivity index (χ2v) is 6.14. The van der Waals surface area contributed by atoms with E-state index in [-0.39, 0.29) is 13.0 Å². The molecule has 10 heavy (non-hydrogen) atoms. The van der Waals surface area contributed by atoms with Crippen molar-refractivity contribution in [2.75, 3.05) is 13.3 Å². The van der Waals surface area contributed by atoms with Crippen LogP contribution < -0.4 is 0 Å². The Morgan fingerprint density at radius 2 is 1.50 bits per heavy atom. The van der Waals surface area contributed by atoms with Crippen LogP contribution in [0.2, 0.25) is 0 Å². The first-order valence-corrected chi connectivity index (χ1v) is 5.48. The van der Waals surface area contributed by atoms with E-state index in [1.165, 1.54) is 0 Å². The Morgan fingerprint density at radius 1 is 1.20 bits per heavy atom. The lowest BCUT2D eigenvalue weighted by Crippen LogP contribution is -2.16. The molecule has 0 N–H and O–H groups in total. The van der Waals surface area contributed by atoms with Crippen LogP contribution in [0.1, 0.15) is 28.2 Å². The van der Waals surface area contributed by atoms with Gasteiger partial charge >= 0.3 is 0 Å². The maximum atomic E-state index is 11.0. The van der Waals surface area contributed by atoms with Gasteiger partial charge in [0.15, 0.2) is 7.37 Å². The summed E-state index contributed by atoms with van der Waals surface area (Å²) in [6, 6.07) is 0. The molecule has 0 rings (SSSR count). The van der Waals surface area contributed by atoms with Gasteiger partial charge in [-0.05, 0) is 20.8 Å². The molecule has 64 valence electrons. The van der Waals surface area contributed by atoms with E-state index in [0.29, 0.717) is 0 Å². The van der Waals surface area contributed by atoms with Crippen LogP contribution in [0.5, 0.6) is 0 Å². The van der Waals surface area contributed by atoms with Crippen LogP contribution in [0.15, 0.2) is 0 Å². The van der Waals surface area contributed by atoms with Gasteiger partial charge in [0.25, 0.3) is 0 Å². The van der Waals surface area contributed by atoms with Gasteiger partial charge in [0.2, 0.25) is 0 Å². The zero-order valence-electron chi connectivity index (χ0n) is 6.76. The highest BCUT2D eigenvalue weighted by Gasteiger charge is 2.18. The highest BCUT2D eigenvalue weighted by atomic mass is 31.2. The molecule has 0 aliphatic rings. The summed E-state index contributed by atoms with van der Waals surface area (Å²) in [4.78, 5) is 0. The second-order valence-electron chi connectivity index (χ2n) is 3.46. The van der Waals surface area contributed by atoms with Crippen molar-refractivity contribution >= 4 is 7.37 Å². The van der Waals surface area contributed by atoms with Crippen LogP contribution >= 0.6 is 7.37 Å². The van der Waals surface area contributed by atoms with Gasteiger partial charge in [0.05, 0.1) is 5.60 Å². The van der Waals surface area contributed by atoms with Crippen LogP contribution in [-0.2, 0) is 9.09 Å². The van der Waals surface area contributed by atoms with Gasteiger partial charge in [-0.1, -0.05) is 7.43 Å². The van der Waals surface area contributed by atoms with Gasteiger partial charge in [-0.2, -0.15) is 0 Å². The van der Waals surface area contributed by atoms with E-state index in [9.17, 15) is 4.57 Å². The highest BCUT2D eigenvalue weighted by molar-refractivity contribution is 7.57. The standard InChI is InChI=1S/C6H15O2P.CH4/c1-6(2,3)8-9(4,5)7;/h1-5H3;1H4. The van der Waals surface area contributed by atoms with Gasteiger partial charge in [-0.15, -0.1) is 0 Å². The minimum absolute atomic E-state index is 0. The third-order valence-corrected chi connectivity index (χ3v) is 1.48. The molecular weight excluding hydrogens is 147 g/mol. The lowest BCUT2D eigenvalue weighted by atomic mass is 10.2. The third-order valence-electron chi connectivity index (χ3n) is 0.494. The molecule has 0 spiro atoms. The van der Waals surface area contributed by atoms with Crippen LogP contribution in [0.3, 0.4) is 0 Å². The molecule has 0 saturated heterocycles. The molecule has 3 heteroatoms. The largest absolute Gasteiger partial charge is 0.323 e. The molecule has 0 aromatic heterocycles. The molecule has 0 aromatic carbocycles. The molecule has 0 saturated carbocycles. The number of hydrogen-bond donors (Lipinski definition) is 0. The summed E-state index contributed by atoms with van der Waals surface area (Å²) in [5.74, 6) is 0. The summed E-state index contributed by atoms with van der Waals surface area (Å²) in [5, 5.41) is 0. The SMILES string of the molecule is C.CC(C)(C)OP(C)(C)=O. The molecular formula is C7H19O2P. The van der Waals surface area contributed by atoms with Crippen LogP contribution in [0, 0.1) is 0 Å². The topological polar surface area (TPSA) is 26.3 Å². The van der Waals surface area contributed by atoms with Crippen molar-refractivity contribution in [3.8, 4) is 0 Å². The minimum Gasteiger partial charge on any atom is -0.323 e. The first-order valence-electron chi connectivity index (χ1n) is 2.96. The lowest BCUT2D eigenvalue weighted by molar-refractivity contribution is 0.138. The average Bonchev–Trinajstić information content (AvgIpc) is 1.14. The molecule has 0 amide bonds. The first kappa shape index (κ1) is 12.8. The molecule has 0 aliphatic carbocycles. The molecule has 0 aromatic rings. The van der Waals surface area contributed by atoms with Crippen LogP contribution in [0.4, 0.5) is 0 Å². The zero-order chi connectivity index (χ0) is 7.71. The highest BCUT2D eigenvalue weighted by Crippen LogP contribution is 2.41. The van der Waals surface area contributed by atoms with Gasteiger partial charge in [0, 0.05) is 13.3 Å². The fraction of sp³-hybridized carbons (Fsp3) is 1.00. The summed E-state index contributed by atoms with van der Waals surface area (Å²) in [5.41, 5.74) is -0.279. The Kier molecular flexibility index (Phi) is 4.55. The van der Waals surface area contributed by atoms with Crippen molar-refractivity contribution in [3.05, 3.63) is 0 Å². The molecule has 0 radical (unpaired) electrons. The fourth-order valence-electron chi connectivity index (χ4n) is 0.660. The maximum absolute atomic E-state index is 11.0. The molecule has 0 fully saturated rings. The molecule has 0 unspecified atom stereocenters. The Hall–Kier alpha value is 0.190. The summed E-state index contributed by atoms with van der Waals surface area (Å²) in [6.45, 7) is 8.93. The smallest absolute Gasteiger partial charge is 0.197 e. The van der Waals surface area contributed by atoms with E-state index in [1.807, 2.05) is 20.8 Å². The molecule has 0 bridgehead atoms. The summed E-state index contributed by atoms with van der Waals surface area (Å²) in [6.07, 6.45) is 0. The summed E-state index contributed by atoms with van der Waals surface area (Å²) >= 11 is 0. The maximum Gasteiger partial charge on any atom is 0.197 e. The molecule has 0 aliphatic heterocycles. The zero-order valence-corrected chi connectivity index (χ0v) is 7.66. The van der Waals surface area contributed by atoms with Crippen molar-refractivity contribution < 1.29 is 9.09 Å². The lowest BCUT2D eigenvalue weighted by Gasteiger charge is -2.22. The van der Waals surface area contributed by atoms with Crippen molar-refractivity contribution in [1.29, 1.82) is 0 Å². The van der Waals surface area contributed by atoms with E-state index in [0.717, 1.165) is 0 Å². The van der Waals surface area contributed by atoms with Crippen molar-refractivity contribution in [3.63, 3.8) is 0 Å². The number of hydrogen-bond acceptors (Lipinski definition) is 2. The Balaban J connectivity index is 0. The van der Waals surface area contributed by atoms with Crippen LogP contribution in [0.25, 0.3) is 0 Å². The van der Waals surface area contributed by atoms with E-state index in [2.05, 4.69) is 0 Å². The average molecular weight is 166 g/mol. The summed E-state index contributed by atoms with van der Waals surface area (Å²) in [7, 11) is -2.29. The second kappa shape index (κ2) is 3.54. The van der Waals surface area contributed by atoms with E-state index in [1.54, 1.807) is 13.3 Å². The van der Waals surface area contributed by atoms with E-state index < -0.39 is 7.37 Å². The molecule has 0 heterocycles. The van der Waals surface area contributed by atoms with Crippen LogP contribution in [-0.4, -0.2) is 18.9 Å². The van der Waals surface area contributed by atoms with Crippen molar-refractivity contribution in [1.82, 2.24) is 0 Å². The monoisotopic (exact) mass is 166 g/mol. The van der Waals surface area contributed by atoms with E-state index >= 15 is 0 Å². The molecule has 2 nitrogen and oxygen atoms in total. The first-order chi connectivity index (χ1) is 3.71. The quantitative estimate of drug-likeness (QED) is 0.560. The van der Waals surface area contributed by atoms with E-state index in [4.69, 9.17) is 4.52 Å². The Morgan fingerprint density at radius 3 is 1.50 bits per heavy atom. The predicted molar refractivity (Wildman–Crippen MR) is 47.0 cm³/mol. The van der Waals surface area contributed by atoms with Gasteiger partial charge in [-0.3, -0.25) is 4.57 Å². The predicted octanol–water partition coefficient (Wildman–Crippen LogP) is 2.98. The van der Waals surface area contributed by atoms with Gasteiger partial charge < -0.3 is 4.52 Å². The minimum atomic E-state index is -2.29. The Bertz CT molecular complexity index is 129. The van der Waals surface area contributed by atoms with Crippen molar-refractivity contribution in [2.45, 2.75) is 33.8 Å². The normalized spacial score (nSPS) is 12.5. The van der Waals surface area contributed by atoms with Gasteiger partial charge in [0.1, 0.15) is 0 Å². The van der Waals surface area contributed by atoms with Crippen molar-refractivity contribution in [2.24, 2.45) is 0 Å². The van der Waals surface area contributed by atoms with Gasteiger partial charge in [-0.25, -0.2) is 0 Å². The summed E-state index contributed by atoms with van der Waals surface area (Å²) < 4.78 is 16.2. The number of rotatable bonds is 1. The Labute approximate surface area is 64.4 Å². The molecule has 0 atom stereocenters.